The fraction of sp³-hybridized carbons (Fsp3) is 0.545. The van der Waals surface area contributed by atoms with E-state index in [0.29, 0.717) is 22.9 Å². The SMILES string of the molecule is CNC(=O)c1sc(NCCCOC)c(OC)c1N. The Hall–Kier alpha value is -1.47. The average Bonchev–Trinajstić information content (AvgIpc) is 2.70. The summed E-state index contributed by atoms with van der Waals surface area (Å²) < 4.78 is 10.2. The lowest BCUT2D eigenvalue weighted by Crippen LogP contribution is -2.17. The molecular formula is C11H19N3O3S. The molecule has 1 rings (SSSR count). The Kier molecular flexibility index (Phi) is 5.73. The Morgan fingerprint density at radius 3 is 2.72 bits per heavy atom. The number of thiophene rings is 1. The van der Waals surface area contributed by atoms with Crippen LogP contribution in [0.1, 0.15) is 16.1 Å². The second-order valence-corrected chi connectivity index (χ2v) is 4.58. The number of hydrogen-bond acceptors (Lipinski definition) is 6. The quantitative estimate of drug-likeness (QED) is 0.649. The van der Waals surface area contributed by atoms with Gasteiger partial charge >= 0.3 is 0 Å². The molecule has 102 valence electrons. The molecule has 0 bridgehead atoms. The first kappa shape index (κ1) is 14.6. The van der Waals surface area contributed by atoms with Crippen LogP contribution in [0.25, 0.3) is 0 Å². The van der Waals surface area contributed by atoms with Gasteiger partial charge in [-0.1, -0.05) is 0 Å². The largest absolute Gasteiger partial charge is 0.492 e. The Labute approximate surface area is 110 Å². The summed E-state index contributed by atoms with van der Waals surface area (Å²) >= 11 is 1.29. The molecule has 0 saturated carbocycles. The molecule has 1 heterocycles. The molecule has 0 radical (unpaired) electrons. The van der Waals surface area contributed by atoms with Crippen LogP contribution in [-0.2, 0) is 4.74 Å². The minimum atomic E-state index is -0.208. The van der Waals surface area contributed by atoms with Crippen LogP contribution in [0.4, 0.5) is 10.7 Å². The van der Waals surface area contributed by atoms with Gasteiger partial charge in [0, 0.05) is 27.3 Å². The van der Waals surface area contributed by atoms with Gasteiger partial charge in [0.2, 0.25) is 0 Å². The lowest BCUT2D eigenvalue weighted by atomic mass is 10.3. The van der Waals surface area contributed by atoms with Gasteiger partial charge in [-0.15, -0.1) is 11.3 Å². The third kappa shape index (κ3) is 3.27. The third-order valence-corrected chi connectivity index (χ3v) is 3.49. The standard InChI is InChI=1S/C11H19N3O3S/c1-13-10(15)9-7(12)8(17-3)11(18-9)14-5-4-6-16-2/h14H,4-6,12H2,1-3H3,(H,13,15). The predicted molar refractivity (Wildman–Crippen MR) is 73.7 cm³/mol. The van der Waals surface area contributed by atoms with E-state index in [1.54, 1.807) is 14.2 Å². The zero-order valence-corrected chi connectivity index (χ0v) is 11.6. The molecule has 0 atom stereocenters. The molecule has 0 spiro atoms. The highest BCUT2D eigenvalue weighted by atomic mass is 32.1. The molecule has 0 aliphatic carbocycles. The molecule has 1 aromatic heterocycles. The number of anilines is 2. The average molecular weight is 273 g/mol. The first-order chi connectivity index (χ1) is 8.65. The molecule has 0 aliphatic heterocycles. The van der Waals surface area contributed by atoms with E-state index in [-0.39, 0.29) is 5.91 Å². The van der Waals surface area contributed by atoms with Crippen LogP contribution in [0.5, 0.6) is 5.75 Å². The Balaban J connectivity index is 2.80. The van der Waals surface area contributed by atoms with Crippen molar-refractivity contribution in [1.29, 1.82) is 0 Å². The molecule has 18 heavy (non-hydrogen) atoms. The van der Waals surface area contributed by atoms with E-state index in [0.717, 1.165) is 18.0 Å². The van der Waals surface area contributed by atoms with Crippen molar-refractivity contribution in [1.82, 2.24) is 5.32 Å². The fourth-order valence-corrected chi connectivity index (χ4v) is 2.51. The van der Waals surface area contributed by atoms with E-state index >= 15 is 0 Å². The number of nitrogen functional groups attached to an aromatic ring is 1. The lowest BCUT2D eigenvalue weighted by Gasteiger charge is -2.06. The number of ether oxygens (including phenoxy) is 2. The summed E-state index contributed by atoms with van der Waals surface area (Å²) in [5.74, 6) is 0.316. The van der Waals surface area contributed by atoms with Crippen molar-refractivity contribution < 1.29 is 14.3 Å². The number of carbonyl (C=O) groups excluding carboxylic acids is 1. The lowest BCUT2D eigenvalue weighted by molar-refractivity contribution is 0.0967. The molecule has 1 aromatic rings. The molecule has 0 unspecified atom stereocenters. The second kappa shape index (κ2) is 7.07. The van der Waals surface area contributed by atoms with Crippen molar-refractivity contribution in [3.63, 3.8) is 0 Å². The van der Waals surface area contributed by atoms with Gasteiger partial charge in [-0.3, -0.25) is 4.79 Å². The molecule has 7 heteroatoms. The maximum absolute atomic E-state index is 11.6. The number of hydrogen-bond donors (Lipinski definition) is 3. The van der Waals surface area contributed by atoms with Crippen LogP contribution in [0.2, 0.25) is 0 Å². The molecular weight excluding hydrogens is 254 g/mol. The second-order valence-electron chi connectivity index (χ2n) is 3.56. The van der Waals surface area contributed by atoms with Crippen LogP contribution in [-0.4, -0.2) is 40.3 Å². The first-order valence-corrected chi connectivity index (χ1v) is 6.38. The van der Waals surface area contributed by atoms with Crippen LogP contribution in [0.15, 0.2) is 0 Å². The molecule has 1 amide bonds. The van der Waals surface area contributed by atoms with E-state index in [9.17, 15) is 4.79 Å². The van der Waals surface area contributed by atoms with Crippen molar-refractivity contribution in [2.24, 2.45) is 0 Å². The molecule has 0 aliphatic rings. The first-order valence-electron chi connectivity index (χ1n) is 5.56. The van der Waals surface area contributed by atoms with Gasteiger partial charge in [-0.05, 0) is 6.42 Å². The summed E-state index contributed by atoms with van der Waals surface area (Å²) in [5, 5.41) is 6.51. The van der Waals surface area contributed by atoms with Crippen molar-refractivity contribution in [2.75, 3.05) is 45.5 Å². The van der Waals surface area contributed by atoms with Crippen LogP contribution < -0.4 is 21.1 Å². The number of rotatable bonds is 7. The monoisotopic (exact) mass is 273 g/mol. The number of carbonyl (C=O) groups is 1. The Morgan fingerprint density at radius 2 is 2.17 bits per heavy atom. The summed E-state index contributed by atoms with van der Waals surface area (Å²) in [6, 6.07) is 0. The summed E-state index contributed by atoms with van der Waals surface area (Å²) in [4.78, 5) is 12.1. The van der Waals surface area contributed by atoms with Crippen molar-refractivity contribution >= 4 is 27.9 Å². The zero-order chi connectivity index (χ0) is 13.5. The van der Waals surface area contributed by atoms with Crippen molar-refractivity contribution in [3.05, 3.63) is 4.88 Å². The van der Waals surface area contributed by atoms with Crippen LogP contribution >= 0.6 is 11.3 Å². The summed E-state index contributed by atoms with van der Waals surface area (Å²) in [5.41, 5.74) is 6.25. The number of nitrogens with two attached hydrogens (primary N) is 1. The molecule has 0 aromatic carbocycles. The summed E-state index contributed by atoms with van der Waals surface area (Å²) in [6.45, 7) is 1.41. The Morgan fingerprint density at radius 1 is 1.44 bits per heavy atom. The van der Waals surface area contributed by atoms with Gasteiger partial charge in [-0.25, -0.2) is 0 Å². The van der Waals surface area contributed by atoms with Gasteiger partial charge < -0.3 is 25.8 Å². The highest BCUT2D eigenvalue weighted by Gasteiger charge is 2.20. The van der Waals surface area contributed by atoms with Gasteiger partial charge in [0.05, 0.1) is 7.11 Å². The van der Waals surface area contributed by atoms with Crippen LogP contribution in [0, 0.1) is 0 Å². The summed E-state index contributed by atoms with van der Waals surface area (Å²) in [6.07, 6.45) is 0.868. The number of methoxy groups -OCH3 is 2. The van der Waals surface area contributed by atoms with E-state index < -0.39 is 0 Å². The highest BCUT2D eigenvalue weighted by molar-refractivity contribution is 7.19. The number of amides is 1. The van der Waals surface area contributed by atoms with E-state index in [4.69, 9.17) is 15.2 Å². The molecule has 4 N–H and O–H groups in total. The summed E-state index contributed by atoms with van der Waals surface area (Å²) in [7, 11) is 4.76. The van der Waals surface area contributed by atoms with E-state index in [2.05, 4.69) is 10.6 Å². The van der Waals surface area contributed by atoms with Crippen molar-refractivity contribution in [2.45, 2.75) is 6.42 Å². The normalized spacial score (nSPS) is 10.2. The smallest absolute Gasteiger partial charge is 0.263 e. The van der Waals surface area contributed by atoms with Gasteiger partial charge in [0.1, 0.15) is 15.6 Å². The van der Waals surface area contributed by atoms with Gasteiger partial charge in [-0.2, -0.15) is 0 Å². The minimum Gasteiger partial charge on any atom is -0.492 e. The van der Waals surface area contributed by atoms with E-state index in [1.807, 2.05) is 0 Å². The zero-order valence-electron chi connectivity index (χ0n) is 10.8. The van der Waals surface area contributed by atoms with Crippen LogP contribution in [0.3, 0.4) is 0 Å². The predicted octanol–water partition coefficient (Wildman–Crippen LogP) is 1.15. The molecule has 0 saturated heterocycles. The molecule has 0 fully saturated rings. The van der Waals surface area contributed by atoms with E-state index in [1.165, 1.54) is 18.4 Å². The maximum atomic E-state index is 11.6. The Bertz CT molecular complexity index is 406. The number of nitrogens with one attached hydrogen (secondary N) is 2. The van der Waals surface area contributed by atoms with Crippen molar-refractivity contribution in [3.8, 4) is 5.75 Å². The topological polar surface area (TPSA) is 85.6 Å². The fourth-order valence-electron chi connectivity index (χ4n) is 1.45. The van der Waals surface area contributed by atoms with Gasteiger partial charge in [0.25, 0.3) is 5.91 Å². The van der Waals surface area contributed by atoms with Gasteiger partial charge in [0.15, 0.2) is 5.75 Å². The minimum absolute atomic E-state index is 0.208. The maximum Gasteiger partial charge on any atom is 0.263 e. The molecule has 6 nitrogen and oxygen atoms in total. The highest BCUT2D eigenvalue weighted by Crippen LogP contribution is 2.42. The third-order valence-electron chi connectivity index (χ3n) is 2.35.